The standard InChI is InChI=1S/C16H15ClO3/c17-15(10-11-16(18)19)12-6-8-14(9-7-12)20-13-4-2-1-3-5-13/h1-9,15H,10-11H2,(H,18,19). The van der Waals surface area contributed by atoms with E-state index in [-0.39, 0.29) is 11.8 Å². The van der Waals surface area contributed by atoms with Crippen LogP contribution >= 0.6 is 11.6 Å². The molecule has 0 spiro atoms. The Morgan fingerprint density at radius 3 is 2.25 bits per heavy atom. The van der Waals surface area contributed by atoms with Gasteiger partial charge in [0.2, 0.25) is 0 Å². The first-order valence-electron chi connectivity index (χ1n) is 6.34. The van der Waals surface area contributed by atoms with E-state index in [1.807, 2.05) is 54.6 Å². The van der Waals surface area contributed by atoms with Crippen molar-refractivity contribution in [2.24, 2.45) is 0 Å². The Kier molecular flexibility index (Phi) is 5.02. The summed E-state index contributed by atoms with van der Waals surface area (Å²) in [6, 6.07) is 16.9. The molecule has 0 radical (unpaired) electrons. The molecule has 0 amide bonds. The second-order valence-electron chi connectivity index (χ2n) is 4.38. The lowest BCUT2D eigenvalue weighted by atomic mass is 10.1. The largest absolute Gasteiger partial charge is 0.481 e. The van der Waals surface area contributed by atoms with Crippen LogP contribution in [0.5, 0.6) is 11.5 Å². The number of para-hydroxylation sites is 1. The van der Waals surface area contributed by atoms with Crippen molar-refractivity contribution >= 4 is 17.6 Å². The second-order valence-corrected chi connectivity index (χ2v) is 4.91. The number of carbonyl (C=O) groups is 1. The molecule has 0 aliphatic carbocycles. The molecule has 3 nitrogen and oxygen atoms in total. The van der Waals surface area contributed by atoms with Crippen LogP contribution in [0.1, 0.15) is 23.8 Å². The van der Waals surface area contributed by atoms with Crippen molar-refractivity contribution in [3.05, 3.63) is 60.2 Å². The van der Waals surface area contributed by atoms with Crippen molar-refractivity contribution in [2.45, 2.75) is 18.2 Å². The molecule has 0 fully saturated rings. The Labute approximate surface area is 122 Å². The molecule has 0 saturated carbocycles. The summed E-state index contributed by atoms with van der Waals surface area (Å²) in [6.45, 7) is 0. The van der Waals surface area contributed by atoms with Crippen LogP contribution in [-0.2, 0) is 4.79 Å². The highest BCUT2D eigenvalue weighted by Crippen LogP contribution is 2.28. The van der Waals surface area contributed by atoms with Crippen LogP contribution in [0.3, 0.4) is 0 Å². The number of ether oxygens (including phenoxy) is 1. The minimum absolute atomic E-state index is 0.0659. The van der Waals surface area contributed by atoms with Crippen LogP contribution in [-0.4, -0.2) is 11.1 Å². The minimum atomic E-state index is -0.834. The average Bonchev–Trinajstić information content (AvgIpc) is 2.46. The molecule has 2 aromatic rings. The van der Waals surface area contributed by atoms with Gasteiger partial charge in [-0.25, -0.2) is 0 Å². The maximum absolute atomic E-state index is 10.5. The van der Waals surface area contributed by atoms with E-state index in [2.05, 4.69) is 0 Å². The third-order valence-corrected chi connectivity index (χ3v) is 3.30. The van der Waals surface area contributed by atoms with Gasteiger partial charge in [0.25, 0.3) is 0 Å². The van der Waals surface area contributed by atoms with Gasteiger partial charge in [0.05, 0.1) is 5.38 Å². The topological polar surface area (TPSA) is 46.5 Å². The van der Waals surface area contributed by atoms with E-state index in [0.717, 1.165) is 17.1 Å². The van der Waals surface area contributed by atoms with E-state index in [1.165, 1.54) is 0 Å². The van der Waals surface area contributed by atoms with E-state index >= 15 is 0 Å². The maximum atomic E-state index is 10.5. The van der Waals surface area contributed by atoms with Gasteiger partial charge in [-0.15, -0.1) is 11.6 Å². The third-order valence-electron chi connectivity index (χ3n) is 2.83. The number of hydrogen-bond donors (Lipinski definition) is 1. The molecular weight excluding hydrogens is 276 g/mol. The number of benzene rings is 2. The SMILES string of the molecule is O=C(O)CCC(Cl)c1ccc(Oc2ccccc2)cc1. The molecule has 104 valence electrons. The molecule has 0 aliphatic heterocycles. The molecule has 0 aromatic heterocycles. The summed E-state index contributed by atoms with van der Waals surface area (Å²) in [4.78, 5) is 10.5. The van der Waals surface area contributed by atoms with Crippen LogP contribution in [0.15, 0.2) is 54.6 Å². The van der Waals surface area contributed by atoms with Crippen molar-refractivity contribution in [1.82, 2.24) is 0 Å². The number of alkyl halides is 1. The zero-order chi connectivity index (χ0) is 14.4. The zero-order valence-electron chi connectivity index (χ0n) is 10.8. The molecule has 20 heavy (non-hydrogen) atoms. The van der Waals surface area contributed by atoms with Gasteiger partial charge in [0.1, 0.15) is 11.5 Å². The highest BCUT2D eigenvalue weighted by Gasteiger charge is 2.10. The van der Waals surface area contributed by atoms with Crippen LogP contribution in [0, 0.1) is 0 Å². The minimum Gasteiger partial charge on any atom is -0.481 e. The highest BCUT2D eigenvalue weighted by atomic mass is 35.5. The zero-order valence-corrected chi connectivity index (χ0v) is 11.6. The van der Waals surface area contributed by atoms with Crippen molar-refractivity contribution < 1.29 is 14.6 Å². The lowest BCUT2D eigenvalue weighted by Gasteiger charge is -2.10. The molecule has 2 aromatic carbocycles. The number of rotatable bonds is 6. The fourth-order valence-electron chi connectivity index (χ4n) is 1.79. The first-order valence-corrected chi connectivity index (χ1v) is 6.77. The Morgan fingerprint density at radius 1 is 1.05 bits per heavy atom. The van der Waals surface area contributed by atoms with Crippen molar-refractivity contribution in [3.8, 4) is 11.5 Å². The summed E-state index contributed by atoms with van der Waals surface area (Å²) in [5.74, 6) is 0.662. The molecule has 1 atom stereocenters. The first-order chi connectivity index (χ1) is 9.65. The number of aliphatic carboxylic acids is 1. The summed E-state index contributed by atoms with van der Waals surface area (Å²) < 4.78 is 5.67. The number of halogens is 1. The predicted octanol–water partition coefficient (Wildman–Crippen LogP) is 4.62. The fraction of sp³-hybridized carbons (Fsp3) is 0.188. The molecule has 4 heteroatoms. The molecule has 0 aliphatic rings. The number of hydrogen-bond acceptors (Lipinski definition) is 2. The average molecular weight is 291 g/mol. The monoisotopic (exact) mass is 290 g/mol. The molecule has 0 saturated heterocycles. The highest BCUT2D eigenvalue weighted by molar-refractivity contribution is 6.20. The van der Waals surface area contributed by atoms with Gasteiger partial charge >= 0.3 is 5.97 Å². The first kappa shape index (κ1) is 14.4. The van der Waals surface area contributed by atoms with Gasteiger partial charge in [0, 0.05) is 6.42 Å². The molecule has 2 rings (SSSR count). The van der Waals surface area contributed by atoms with Crippen LogP contribution in [0.4, 0.5) is 0 Å². The van der Waals surface area contributed by atoms with Gasteiger partial charge in [0.15, 0.2) is 0 Å². The Balaban J connectivity index is 1.97. The van der Waals surface area contributed by atoms with Crippen molar-refractivity contribution in [3.63, 3.8) is 0 Å². The summed E-state index contributed by atoms with van der Waals surface area (Å²) in [6.07, 6.45) is 0.478. The number of carboxylic acid groups (broad SMARTS) is 1. The smallest absolute Gasteiger partial charge is 0.303 e. The Morgan fingerprint density at radius 2 is 1.65 bits per heavy atom. The van der Waals surface area contributed by atoms with Crippen LogP contribution < -0.4 is 4.74 Å². The third kappa shape index (κ3) is 4.28. The van der Waals surface area contributed by atoms with E-state index in [4.69, 9.17) is 21.4 Å². The maximum Gasteiger partial charge on any atom is 0.303 e. The molecule has 0 heterocycles. The van der Waals surface area contributed by atoms with Crippen molar-refractivity contribution in [2.75, 3.05) is 0 Å². The van der Waals surface area contributed by atoms with Gasteiger partial charge in [-0.3, -0.25) is 4.79 Å². The summed E-state index contributed by atoms with van der Waals surface area (Å²) in [5, 5.41) is 8.34. The normalized spacial score (nSPS) is 11.8. The van der Waals surface area contributed by atoms with Crippen LogP contribution in [0.25, 0.3) is 0 Å². The summed E-state index contributed by atoms with van der Waals surface area (Å²) >= 11 is 6.16. The lowest BCUT2D eigenvalue weighted by Crippen LogP contribution is -1.98. The number of carboxylic acids is 1. The second kappa shape index (κ2) is 6.96. The van der Waals surface area contributed by atoms with E-state index < -0.39 is 5.97 Å². The summed E-state index contributed by atoms with van der Waals surface area (Å²) in [5.41, 5.74) is 0.897. The van der Waals surface area contributed by atoms with Gasteiger partial charge < -0.3 is 9.84 Å². The van der Waals surface area contributed by atoms with Gasteiger partial charge in [-0.1, -0.05) is 30.3 Å². The van der Waals surface area contributed by atoms with Crippen molar-refractivity contribution in [1.29, 1.82) is 0 Å². The van der Waals surface area contributed by atoms with E-state index in [1.54, 1.807) is 0 Å². The molecule has 1 unspecified atom stereocenters. The van der Waals surface area contributed by atoms with E-state index in [9.17, 15) is 4.79 Å². The summed E-state index contributed by atoms with van der Waals surface area (Å²) in [7, 11) is 0. The lowest BCUT2D eigenvalue weighted by molar-refractivity contribution is -0.137. The molecule has 0 bridgehead atoms. The van der Waals surface area contributed by atoms with Crippen LogP contribution in [0.2, 0.25) is 0 Å². The molecule has 1 N–H and O–H groups in total. The van der Waals surface area contributed by atoms with Gasteiger partial charge in [-0.2, -0.15) is 0 Å². The quantitative estimate of drug-likeness (QED) is 0.789. The van der Waals surface area contributed by atoms with E-state index in [0.29, 0.717) is 6.42 Å². The Hall–Kier alpha value is -2.00. The Bertz CT molecular complexity index is 552. The predicted molar refractivity (Wildman–Crippen MR) is 78.4 cm³/mol. The van der Waals surface area contributed by atoms with Gasteiger partial charge in [-0.05, 0) is 36.2 Å². The molecular formula is C16H15ClO3. The fourth-order valence-corrected chi connectivity index (χ4v) is 2.04.